The molecule has 5 aromatic rings. The van der Waals surface area contributed by atoms with Crippen LogP contribution in [0.2, 0.25) is 0 Å². The molecule has 0 aliphatic rings. The van der Waals surface area contributed by atoms with Crippen LogP contribution in [0.3, 0.4) is 0 Å². The number of H-pyrrole nitrogens is 2. The van der Waals surface area contributed by atoms with Crippen molar-refractivity contribution in [1.29, 1.82) is 0 Å². The summed E-state index contributed by atoms with van der Waals surface area (Å²) in [5.74, 6) is 0. The number of rotatable bonds is 2. The van der Waals surface area contributed by atoms with Crippen LogP contribution in [0.25, 0.3) is 44.2 Å². The van der Waals surface area contributed by atoms with E-state index < -0.39 is 0 Å². The van der Waals surface area contributed by atoms with E-state index in [9.17, 15) is 4.79 Å². The van der Waals surface area contributed by atoms with Crippen LogP contribution < -0.4 is 5.56 Å². The van der Waals surface area contributed by atoms with Gasteiger partial charge in [0.2, 0.25) is 0 Å². The summed E-state index contributed by atoms with van der Waals surface area (Å²) in [4.78, 5) is 12.7. The lowest BCUT2D eigenvalue weighted by atomic mass is 10.0. The van der Waals surface area contributed by atoms with Crippen molar-refractivity contribution < 1.29 is 0 Å². The third-order valence-electron chi connectivity index (χ3n) is 5.11. The van der Waals surface area contributed by atoms with E-state index in [2.05, 4.69) is 49.8 Å². The Kier molecular flexibility index (Phi) is 3.00. The number of aromatic amines is 2. The van der Waals surface area contributed by atoms with Crippen molar-refractivity contribution in [2.45, 2.75) is 0 Å². The maximum absolute atomic E-state index is 12.7. The van der Waals surface area contributed by atoms with Crippen LogP contribution in [-0.4, -0.2) is 19.3 Å². The monoisotopic (exact) mass is 342 g/mol. The summed E-state index contributed by atoms with van der Waals surface area (Å²) in [7, 11) is 4.03. The predicted molar refractivity (Wildman–Crippen MR) is 105 cm³/mol. The fraction of sp³-hybridized carbons (Fsp3) is 0.0952. The van der Waals surface area contributed by atoms with Crippen molar-refractivity contribution in [3.8, 4) is 22.4 Å². The van der Waals surface area contributed by atoms with Crippen LogP contribution in [0, 0.1) is 0 Å². The number of benzene rings is 2. The molecule has 5 nitrogen and oxygen atoms in total. The Labute approximate surface area is 149 Å². The van der Waals surface area contributed by atoms with Gasteiger partial charge in [-0.05, 0) is 12.1 Å². The van der Waals surface area contributed by atoms with Gasteiger partial charge in [0.25, 0.3) is 5.56 Å². The molecule has 0 bridgehead atoms. The number of fused-ring (bicyclic) bond motifs is 2. The fourth-order valence-corrected chi connectivity index (χ4v) is 3.90. The highest BCUT2D eigenvalue weighted by Gasteiger charge is 2.20. The van der Waals surface area contributed by atoms with Gasteiger partial charge >= 0.3 is 0 Å². The third-order valence-corrected chi connectivity index (χ3v) is 5.11. The van der Waals surface area contributed by atoms with E-state index in [1.807, 2.05) is 44.6 Å². The van der Waals surface area contributed by atoms with Gasteiger partial charge < -0.3 is 9.13 Å². The molecule has 0 saturated heterocycles. The van der Waals surface area contributed by atoms with Crippen molar-refractivity contribution in [1.82, 2.24) is 19.3 Å². The molecule has 2 aromatic carbocycles. The second kappa shape index (κ2) is 5.26. The normalized spacial score (nSPS) is 11.6. The SMILES string of the molecule is Cn1cc(-c2[nH][nH]c(=O)c2-c2cn(C)c3ccccc23)c2ccccc21. The van der Waals surface area contributed by atoms with E-state index in [1.165, 1.54) is 0 Å². The largest absolute Gasteiger partial charge is 0.350 e. The molecule has 0 radical (unpaired) electrons. The van der Waals surface area contributed by atoms with Gasteiger partial charge in [-0.1, -0.05) is 36.4 Å². The topological polar surface area (TPSA) is 58.5 Å². The van der Waals surface area contributed by atoms with Gasteiger partial charge in [-0.25, -0.2) is 0 Å². The van der Waals surface area contributed by atoms with E-state index in [-0.39, 0.29) is 5.56 Å². The zero-order chi connectivity index (χ0) is 17.8. The van der Waals surface area contributed by atoms with Crippen molar-refractivity contribution in [3.63, 3.8) is 0 Å². The van der Waals surface area contributed by atoms with Crippen LogP contribution in [0.5, 0.6) is 0 Å². The smallest absolute Gasteiger partial charge is 0.272 e. The van der Waals surface area contributed by atoms with Gasteiger partial charge in [0.05, 0.1) is 11.3 Å². The number of aromatic nitrogens is 4. The summed E-state index contributed by atoms with van der Waals surface area (Å²) in [5, 5.41) is 8.08. The molecular formula is C21H18N4O. The summed E-state index contributed by atoms with van der Waals surface area (Å²) < 4.78 is 4.15. The molecule has 0 aliphatic carbocycles. The molecule has 3 heterocycles. The van der Waals surface area contributed by atoms with Gasteiger partial charge in [0.15, 0.2) is 0 Å². The number of hydrogen-bond acceptors (Lipinski definition) is 1. The lowest BCUT2D eigenvalue weighted by Crippen LogP contribution is -2.01. The first-order valence-corrected chi connectivity index (χ1v) is 8.54. The number of nitrogens with zero attached hydrogens (tertiary/aromatic N) is 2. The predicted octanol–water partition coefficient (Wildman–Crippen LogP) is 4.02. The molecule has 2 N–H and O–H groups in total. The lowest BCUT2D eigenvalue weighted by molar-refractivity contribution is 0.968. The Morgan fingerprint density at radius 3 is 1.92 bits per heavy atom. The Hall–Kier alpha value is -3.47. The Morgan fingerprint density at radius 2 is 1.27 bits per heavy atom. The van der Waals surface area contributed by atoms with Crippen LogP contribution in [0.4, 0.5) is 0 Å². The maximum Gasteiger partial charge on any atom is 0.272 e. The molecule has 0 aliphatic heterocycles. The minimum absolute atomic E-state index is 0.107. The van der Waals surface area contributed by atoms with Crippen LogP contribution >= 0.6 is 0 Å². The first-order chi connectivity index (χ1) is 12.6. The molecule has 26 heavy (non-hydrogen) atoms. The minimum atomic E-state index is -0.107. The number of nitrogens with one attached hydrogen (secondary N) is 2. The van der Waals surface area contributed by atoms with E-state index >= 15 is 0 Å². The summed E-state index contributed by atoms with van der Waals surface area (Å²) in [6.45, 7) is 0. The van der Waals surface area contributed by atoms with Crippen LogP contribution in [0.15, 0.2) is 65.7 Å². The van der Waals surface area contributed by atoms with Gasteiger partial charge in [-0.15, -0.1) is 0 Å². The molecule has 3 aromatic heterocycles. The van der Waals surface area contributed by atoms with Gasteiger partial charge in [0.1, 0.15) is 0 Å². The zero-order valence-electron chi connectivity index (χ0n) is 14.6. The number of para-hydroxylation sites is 2. The maximum atomic E-state index is 12.7. The standard InChI is InChI=1S/C21H18N4O/c1-24-11-15(13-7-3-5-9-17(13)24)19-20(22-23-21(19)26)16-12-25(2)18-10-6-4-8-14(16)18/h3-12H,1-2H3,(H2,22,23,26). The third kappa shape index (κ3) is 1.94. The molecule has 0 unspecified atom stereocenters. The van der Waals surface area contributed by atoms with Crippen LogP contribution in [0.1, 0.15) is 0 Å². The van der Waals surface area contributed by atoms with Gasteiger partial charge in [0, 0.05) is 59.4 Å². The van der Waals surface area contributed by atoms with E-state index in [4.69, 9.17) is 0 Å². The molecule has 128 valence electrons. The summed E-state index contributed by atoms with van der Waals surface area (Å²) in [6, 6.07) is 16.4. The average molecular weight is 342 g/mol. The molecule has 0 amide bonds. The fourth-order valence-electron chi connectivity index (χ4n) is 3.90. The van der Waals surface area contributed by atoms with E-state index in [1.54, 1.807) is 0 Å². The average Bonchev–Trinajstić information content (AvgIpc) is 3.30. The molecule has 0 atom stereocenters. The molecule has 0 saturated carbocycles. The number of hydrogen-bond donors (Lipinski definition) is 2. The Morgan fingerprint density at radius 1 is 0.731 bits per heavy atom. The highest BCUT2D eigenvalue weighted by atomic mass is 16.1. The van der Waals surface area contributed by atoms with Gasteiger partial charge in [-0.3, -0.25) is 15.0 Å². The van der Waals surface area contributed by atoms with Crippen LogP contribution in [-0.2, 0) is 14.1 Å². The van der Waals surface area contributed by atoms with Gasteiger partial charge in [-0.2, -0.15) is 0 Å². The van der Waals surface area contributed by atoms with Crippen molar-refractivity contribution in [2.75, 3.05) is 0 Å². The van der Waals surface area contributed by atoms with Crippen molar-refractivity contribution >= 4 is 21.8 Å². The summed E-state index contributed by atoms with van der Waals surface area (Å²) in [6.07, 6.45) is 4.09. The molecule has 5 heteroatoms. The first kappa shape index (κ1) is 14.8. The second-order valence-electron chi connectivity index (χ2n) is 6.67. The quantitative estimate of drug-likeness (QED) is 0.500. The van der Waals surface area contributed by atoms with E-state index in [0.717, 1.165) is 38.6 Å². The number of aryl methyl sites for hydroxylation is 2. The Bertz CT molecular complexity index is 1330. The summed E-state index contributed by atoms with van der Waals surface area (Å²) >= 11 is 0. The van der Waals surface area contributed by atoms with E-state index in [0.29, 0.717) is 5.56 Å². The highest BCUT2D eigenvalue weighted by molar-refractivity contribution is 6.03. The summed E-state index contributed by atoms with van der Waals surface area (Å²) in [5.41, 5.74) is 5.59. The lowest BCUT2D eigenvalue weighted by Gasteiger charge is -2.01. The minimum Gasteiger partial charge on any atom is -0.350 e. The molecule has 5 rings (SSSR count). The zero-order valence-corrected chi connectivity index (χ0v) is 14.6. The van der Waals surface area contributed by atoms with Crippen molar-refractivity contribution in [2.24, 2.45) is 14.1 Å². The second-order valence-corrected chi connectivity index (χ2v) is 6.67. The molecular weight excluding hydrogens is 324 g/mol. The molecule has 0 fully saturated rings. The highest BCUT2D eigenvalue weighted by Crippen LogP contribution is 2.37. The first-order valence-electron chi connectivity index (χ1n) is 8.54. The molecule has 0 spiro atoms. The Balaban J connectivity index is 1.85. The van der Waals surface area contributed by atoms with Crippen molar-refractivity contribution in [3.05, 3.63) is 71.3 Å².